The van der Waals surface area contributed by atoms with Crippen molar-refractivity contribution in [2.24, 2.45) is 5.41 Å². The van der Waals surface area contributed by atoms with Gasteiger partial charge in [0.25, 0.3) is 0 Å². The molecule has 2 rings (SSSR count). The van der Waals surface area contributed by atoms with Gasteiger partial charge in [0.05, 0.1) is 25.7 Å². The molecule has 2 saturated heterocycles. The maximum Gasteiger partial charge on any atom is 0.222 e. The third kappa shape index (κ3) is 3.19. The average molecular weight is 227 g/mol. The normalized spacial score (nSPS) is 28.2. The highest BCUT2D eigenvalue weighted by Crippen LogP contribution is 2.25. The van der Waals surface area contributed by atoms with E-state index in [9.17, 15) is 4.79 Å². The molecular formula is C12H21NO3. The first-order valence-electron chi connectivity index (χ1n) is 6.14. The lowest BCUT2D eigenvalue weighted by molar-refractivity contribution is -0.130. The minimum Gasteiger partial charge on any atom is -0.380 e. The number of ether oxygens (including phenoxy) is 2. The van der Waals surface area contributed by atoms with Gasteiger partial charge in [0.2, 0.25) is 5.91 Å². The summed E-state index contributed by atoms with van der Waals surface area (Å²) >= 11 is 0. The van der Waals surface area contributed by atoms with Gasteiger partial charge >= 0.3 is 0 Å². The third-order valence-corrected chi connectivity index (χ3v) is 3.30. The number of carbonyl (C=O) groups is 1. The zero-order valence-corrected chi connectivity index (χ0v) is 9.96. The zero-order chi connectivity index (χ0) is 11.4. The van der Waals surface area contributed by atoms with Gasteiger partial charge in [-0.1, -0.05) is 6.92 Å². The monoisotopic (exact) mass is 227 g/mol. The molecule has 4 heteroatoms. The lowest BCUT2D eigenvalue weighted by atomic mass is 9.88. The van der Waals surface area contributed by atoms with E-state index in [0.29, 0.717) is 6.42 Å². The van der Waals surface area contributed by atoms with E-state index in [2.05, 4.69) is 12.2 Å². The van der Waals surface area contributed by atoms with E-state index in [0.717, 1.165) is 39.2 Å². The first-order valence-corrected chi connectivity index (χ1v) is 6.14. The van der Waals surface area contributed by atoms with E-state index >= 15 is 0 Å². The Morgan fingerprint density at radius 2 is 2.25 bits per heavy atom. The van der Waals surface area contributed by atoms with Crippen molar-refractivity contribution in [1.82, 2.24) is 5.32 Å². The van der Waals surface area contributed by atoms with Gasteiger partial charge in [-0.3, -0.25) is 4.79 Å². The number of amides is 1. The van der Waals surface area contributed by atoms with Crippen LogP contribution in [0.5, 0.6) is 0 Å². The van der Waals surface area contributed by atoms with Crippen LogP contribution in [-0.2, 0) is 14.3 Å². The summed E-state index contributed by atoms with van der Waals surface area (Å²) < 4.78 is 10.7. The van der Waals surface area contributed by atoms with E-state index in [1.807, 2.05) is 0 Å². The highest BCUT2D eigenvalue weighted by molar-refractivity contribution is 5.76. The maximum atomic E-state index is 11.7. The highest BCUT2D eigenvalue weighted by Gasteiger charge is 2.33. The lowest BCUT2D eigenvalue weighted by Gasteiger charge is -2.38. The molecule has 2 heterocycles. The Morgan fingerprint density at radius 1 is 1.44 bits per heavy atom. The topological polar surface area (TPSA) is 47.6 Å². The Labute approximate surface area is 96.7 Å². The second-order valence-electron chi connectivity index (χ2n) is 5.27. The van der Waals surface area contributed by atoms with Gasteiger partial charge in [-0.25, -0.2) is 0 Å². The molecule has 92 valence electrons. The molecule has 4 nitrogen and oxygen atoms in total. The summed E-state index contributed by atoms with van der Waals surface area (Å²) in [7, 11) is 0. The zero-order valence-electron chi connectivity index (χ0n) is 9.96. The van der Waals surface area contributed by atoms with Gasteiger partial charge < -0.3 is 14.8 Å². The standard InChI is InChI=1S/C12H21NO3/c1-12(8-15-9-12)7-13-11(14)6-10-4-2-3-5-16-10/h10H,2-9H2,1H3,(H,13,14). The summed E-state index contributed by atoms with van der Waals surface area (Å²) in [6.07, 6.45) is 3.99. The van der Waals surface area contributed by atoms with Crippen molar-refractivity contribution in [3.8, 4) is 0 Å². The molecule has 16 heavy (non-hydrogen) atoms. The molecule has 2 aliphatic rings. The van der Waals surface area contributed by atoms with Crippen LogP contribution in [0.25, 0.3) is 0 Å². The van der Waals surface area contributed by atoms with E-state index in [-0.39, 0.29) is 17.4 Å². The fourth-order valence-corrected chi connectivity index (χ4v) is 2.11. The van der Waals surface area contributed by atoms with Crippen LogP contribution in [0.4, 0.5) is 0 Å². The number of carbonyl (C=O) groups excluding carboxylic acids is 1. The molecule has 1 amide bonds. The summed E-state index contributed by atoms with van der Waals surface area (Å²) in [5.41, 5.74) is 0.156. The smallest absolute Gasteiger partial charge is 0.222 e. The summed E-state index contributed by atoms with van der Waals surface area (Å²) in [5.74, 6) is 0.111. The van der Waals surface area contributed by atoms with Gasteiger partial charge in [0.15, 0.2) is 0 Å². The molecule has 0 aromatic carbocycles. The minimum atomic E-state index is 0.111. The summed E-state index contributed by atoms with van der Waals surface area (Å²) in [4.78, 5) is 11.7. The van der Waals surface area contributed by atoms with E-state index in [4.69, 9.17) is 9.47 Å². The van der Waals surface area contributed by atoms with Crippen molar-refractivity contribution in [3.05, 3.63) is 0 Å². The second-order valence-corrected chi connectivity index (χ2v) is 5.27. The number of nitrogens with one attached hydrogen (secondary N) is 1. The van der Waals surface area contributed by atoms with Crippen LogP contribution in [0.1, 0.15) is 32.6 Å². The Kier molecular flexibility index (Phi) is 3.82. The van der Waals surface area contributed by atoms with E-state index in [1.165, 1.54) is 6.42 Å². The predicted octanol–water partition coefficient (Wildman–Crippen LogP) is 1.10. The number of hydrogen-bond donors (Lipinski definition) is 1. The SMILES string of the molecule is CC1(CNC(=O)CC2CCCCO2)COC1. The van der Waals surface area contributed by atoms with Crippen LogP contribution in [-0.4, -0.2) is 38.4 Å². The van der Waals surface area contributed by atoms with Crippen molar-refractivity contribution >= 4 is 5.91 Å². The fourth-order valence-electron chi connectivity index (χ4n) is 2.11. The Hall–Kier alpha value is -0.610. The second kappa shape index (κ2) is 5.15. The first-order chi connectivity index (χ1) is 7.68. The highest BCUT2D eigenvalue weighted by atomic mass is 16.5. The van der Waals surface area contributed by atoms with Crippen LogP contribution in [0.15, 0.2) is 0 Å². The molecule has 2 fully saturated rings. The van der Waals surface area contributed by atoms with Crippen LogP contribution in [0.3, 0.4) is 0 Å². The maximum absolute atomic E-state index is 11.7. The van der Waals surface area contributed by atoms with Crippen molar-refractivity contribution in [3.63, 3.8) is 0 Å². The quantitative estimate of drug-likeness (QED) is 0.782. The fraction of sp³-hybridized carbons (Fsp3) is 0.917. The van der Waals surface area contributed by atoms with Crippen LogP contribution >= 0.6 is 0 Å². The van der Waals surface area contributed by atoms with Gasteiger partial charge in [0, 0.05) is 18.6 Å². The predicted molar refractivity (Wildman–Crippen MR) is 60.1 cm³/mol. The Balaban J connectivity index is 1.63. The van der Waals surface area contributed by atoms with Gasteiger partial charge in [-0.2, -0.15) is 0 Å². The average Bonchev–Trinajstić information content (AvgIpc) is 2.25. The molecule has 0 aromatic heterocycles. The molecule has 1 N–H and O–H groups in total. The largest absolute Gasteiger partial charge is 0.380 e. The molecule has 0 aromatic rings. The van der Waals surface area contributed by atoms with Gasteiger partial charge in [-0.15, -0.1) is 0 Å². The van der Waals surface area contributed by atoms with Crippen LogP contribution < -0.4 is 5.32 Å². The van der Waals surface area contributed by atoms with Crippen molar-refractivity contribution < 1.29 is 14.3 Å². The van der Waals surface area contributed by atoms with Crippen molar-refractivity contribution in [1.29, 1.82) is 0 Å². The van der Waals surface area contributed by atoms with Crippen LogP contribution in [0, 0.1) is 5.41 Å². The molecule has 0 bridgehead atoms. The van der Waals surface area contributed by atoms with E-state index in [1.54, 1.807) is 0 Å². The molecule has 0 aliphatic carbocycles. The summed E-state index contributed by atoms with van der Waals surface area (Å²) in [6.45, 7) is 5.18. The first kappa shape index (κ1) is 11.9. The molecule has 0 saturated carbocycles. The van der Waals surface area contributed by atoms with Crippen molar-refractivity contribution in [2.45, 2.75) is 38.7 Å². The Morgan fingerprint density at radius 3 is 2.81 bits per heavy atom. The number of hydrogen-bond acceptors (Lipinski definition) is 3. The molecule has 0 spiro atoms. The van der Waals surface area contributed by atoms with E-state index < -0.39 is 0 Å². The molecule has 0 radical (unpaired) electrons. The third-order valence-electron chi connectivity index (χ3n) is 3.30. The van der Waals surface area contributed by atoms with Gasteiger partial charge in [0.1, 0.15) is 0 Å². The molecule has 1 unspecified atom stereocenters. The minimum absolute atomic E-state index is 0.111. The molecular weight excluding hydrogens is 206 g/mol. The van der Waals surface area contributed by atoms with Crippen molar-refractivity contribution in [2.75, 3.05) is 26.4 Å². The Bertz CT molecular complexity index is 245. The number of rotatable bonds is 4. The summed E-state index contributed by atoms with van der Waals surface area (Å²) in [6, 6.07) is 0. The summed E-state index contributed by atoms with van der Waals surface area (Å²) in [5, 5.41) is 2.97. The lowest BCUT2D eigenvalue weighted by Crippen LogP contribution is -2.49. The molecule has 2 aliphatic heterocycles. The van der Waals surface area contributed by atoms with Gasteiger partial charge in [-0.05, 0) is 19.3 Å². The van der Waals surface area contributed by atoms with Crippen LogP contribution in [0.2, 0.25) is 0 Å². The molecule has 1 atom stereocenters.